The predicted octanol–water partition coefficient (Wildman–Crippen LogP) is 5.60. The maximum Gasteiger partial charge on any atom is 0.242 e. The van der Waals surface area contributed by atoms with Gasteiger partial charge in [0.15, 0.2) is 5.11 Å². The van der Waals surface area contributed by atoms with Crippen LogP contribution in [0.5, 0.6) is 0 Å². The quantitative estimate of drug-likeness (QED) is 0.0873. The summed E-state index contributed by atoms with van der Waals surface area (Å²) in [6, 6.07) is 23.6. The lowest BCUT2D eigenvalue weighted by molar-refractivity contribution is -0.121. The van der Waals surface area contributed by atoms with Crippen LogP contribution in [-0.4, -0.2) is 32.5 Å². The number of thiocarbonyl (C=S) groups is 1. The summed E-state index contributed by atoms with van der Waals surface area (Å²) in [6.45, 7) is 1.80. The molecule has 234 valence electrons. The number of rotatable bonds is 12. The lowest BCUT2D eigenvalue weighted by Gasteiger charge is -2.21. The fraction of sp³-hybridized carbons (Fsp3) is 0.303. The van der Waals surface area contributed by atoms with Crippen LogP contribution in [0.15, 0.2) is 78.9 Å². The van der Waals surface area contributed by atoms with E-state index in [2.05, 4.69) is 47.1 Å². The normalized spacial score (nSPS) is 13.0. The van der Waals surface area contributed by atoms with Crippen LogP contribution in [-0.2, 0) is 24.3 Å². The van der Waals surface area contributed by atoms with Crippen LogP contribution in [0.25, 0.3) is 0 Å². The summed E-state index contributed by atoms with van der Waals surface area (Å²) >= 11 is 5.25. The Kier molecular flexibility index (Phi) is 11.4. The van der Waals surface area contributed by atoms with Crippen molar-refractivity contribution < 1.29 is 9.18 Å². The van der Waals surface area contributed by atoms with Crippen molar-refractivity contribution in [2.24, 2.45) is 5.92 Å². The van der Waals surface area contributed by atoms with Gasteiger partial charge in [-0.3, -0.25) is 15.6 Å². The average Bonchev–Trinajstić information content (AvgIpc) is 3.07. The minimum absolute atomic E-state index is 0.174. The van der Waals surface area contributed by atoms with Crippen LogP contribution in [0.1, 0.15) is 48.8 Å². The van der Waals surface area contributed by atoms with Crippen LogP contribution in [0, 0.1) is 11.7 Å². The van der Waals surface area contributed by atoms with E-state index in [1.54, 1.807) is 12.1 Å². The first-order valence-electron chi connectivity index (χ1n) is 15.2. The number of hydrazine groups is 1. The highest BCUT2D eigenvalue weighted by Gasteiger charge is 2.15. The van der Waals surface area contributed by atoms with Crippen LogP contribution in [0.3, 0.4) is 0 Å². The molecule has 1 saturated carbocycles. The first kappa shape index (κ1) is 31.6. The van der Waals surface area contributed by atoms with Crippen molar-refractivity contribution in [3.8, 4) is 0 Å². The first-order chi connectivity index (χ1) is 22.0. The molecule has 45 heavy (non-hydrogen) atoms. The van der Waals surface area contributed by atoms with Gasteiger partial charge in [0.05, 0.1) is 6.42 Å². The summed E-state index contributed by atoms with van der Waals surface area (Å²) in [5, 5.41) is 13.3. The standard InChI is InChI=1S/C33H38FN9OS/c34-27-15-11-26(12-16-27)21-36-31-39-30(35-20-24-7-3-1-4-8-24)40-32(41-31)38-28-17-13-23(14-18-28)19-29(44)42-43-33(45)37-22-25-9-5-2-6-10-25/h2,5-6,9-18,24H,1,3-4,7-8,19-22H2,(H,42,44)(H2,37,43,45)(H3,35,36,38,39,40,41). The summed E-state index contributed by atoms with van der Waals surface area (Å²) in [5.41, 5.74) is 8.95. The molecule has 0 aliphatic heterocycles. The molecule has 0 unspecified atom stereocenters. The van der Waals surface area contributed by atoms with E-state index >= 15 is 0 Å². The van der Waals surface area contributed by atoms with Crippen LogP contribution in [0.4, 0.5) is 27.9 Å². The number of hydrogen-bond acceptors (Lipinski definition) is 8. The second-order valence-corrected chi connectivity index (χ2v) is 11.4. The first-order valence-corrected chi connectivity index (χ1v) is 15.6. The molecule has 1 aliphatic rings. The topological polar surface area (TPSA) is 128 Å². The SMILES string of the molecule is O=C(Cc1ccc(Nc2nc(NCc3ccc(F)cc3)nc(NCC3CCCCC3)n2)cc1)NNC(=S)NCc1ccccc1. The average molecular weight is 628 g/mol. The van der Waals surface area contributed by atoms with Gasteiger partial charge in [-0.2, -0.15) is 15.0 Å². The second kappa shape index (κ2) is 16.3. The highest BCUT2D eigenvalue weighted by molar-refractivity contribution is 7.80. The molecule has 4 aromatic rings. The Morgan fingerprint density at radius 2 is 1.38 bits per heavy atom. The summed E-state index contributed by atoms with van der Waals surface area (Å²) in [6.07, 6.45) is 6.40. The van der Waals surface area contributed by atoms with Crippen molar-refractivity contribution >= 4 is 46.8 Å². The van der Waals surface area contributed by atoms with Crippen molar-refractivity contribution in [1.29, 1.82) is 0 Å². The van der Waals surface area contributed by atoms with Crippen LogP contribution >= 0.6 is 12.2 Å². The number of carbonyl (C=O) groups excluding carboxylic acids is 1. The Hall–Kier alpha value is -4.84. The lowest BCUT2D eigenvalue weighted by Crippen LogP contribution is -2.47. The minimum Gasteiger partial charge on any atom is -0.357 e. The van der Waals surface area contributed by atoms with E-state index in [0.29, 0.717) is 42.0 Å². The van der Waals surface area contributed by atoms with Gasteiger partial charge in [0.2, 0.25) is 23.8 Å². The van der Waals surface area contributed by atoms with Crippen LogP contribution < -0.4 is 32.1 Å². The molecule has 5 rings (SSSR count). The molecule has 0 saturated heterocycles. The summed E-state index contributed by atoms with van der Waals surface area (Å²) in [5.74, 6) is 1.37. The molecule has 10 nitrogen and oxygen atoms in total. The molecule has 1 aliphatic carbocycles. The van der Waals surface area contributed by atoms with E-state index < -0.39 is 0 Å². The molecule has 0 radical (unpaired) electrons. The Balaban J connectivity index is 1.15. The van der Waals surface area contributed by atoms with Gasteiger partial charge in [-0.25, -0.2) is 4.39 Å². The molecule has 12 heteroatoms. The zero-order valence-electron chi connectivity index (χ0n) is 25.0. The number of aromatic nitrogens is 3. The number of hydrogen-bond donors (Lipinski definition) is 6. The third-order valence-corrected chi connectivity index (χ3v) is 7.71. The van der Waals surface area contributed by atoms with Gasteiger partial charge in [-0.05, 0) is 71.9 Å². The number of benzene rings is 3. The van der Waals surface area contributed by atoms with Gasteiger partial charge >= 0.3 is 0 Å². The molecule has 1 amide bonds. The van der Waals surface area contributed by atoms with Gasteiger partial charge in [0, 0.05) is 25.3 Å². The Morgan fingerprint density at radius 3 is 2.11 bits per heavy atom. The fourth-order valence-corrected chi connectivity index (χ4v) is 5.14. The van der Waals surface area contributed by atoms with Crippen molar-refractivity contribution in [2.75, 3.05) is 22.5 Å². The summed E-state index contributed by atoms with van der Waals surface area (Å²) in [7, 11) is 0. The van der Waals surface area contributed by atoms with Crippen molar-refractivity contribution in [2.45, 2.75) is 51.6 Å². The van der Waals surface area contributed by atoms with E-state index in [1.807, 2.05) is 54.6 Å². The van der Waals surface area contributed by atoms with Crippen molar-refractivity contribution in [1.82, 2.24) is 31.1 Å². The Bertz CT molecular complexity index is 1530. The molecule has 0 spiro atoms. The van der Waals surface area contributed by atoms with Gasteiger partial charge in [-0.15, -0.1) is 0 Å². The predicted molar refractivity (Wildman–Crippen MR) is 179 cm³/mol. The summed E-state index contributed by atoms with van der Waals surface area (Å²) in [4.78, 5) is 26.2. The van der Waals surface area contributed by atoms with E-state index in [-0.39, 0.29) is 18.1 Å². The zero-order chi connectivity index (χ0) is 31.3. The molecule has 6 N–H and O–H groups in total. The fourth-order valence-electron chi connectivity index (χ4n) is 5.01. The highest BCUT2D eigenvalue weighted by Crippen LogP contribution is 2.24. The van der Waals surface area contributed by atoms with Gasteiger partial charge in [-0.1, -0.05) is 73.9 Å². The molecule has 0 atom stereocenters. The Morgan fingerprint density at radius 1 is 0.733 bits per heavy atom. The van der Waals surface area contributed by atoms with Crippen molar-refractivity contribution in [3.63, 3.8) is 0 Å². The van der Waals surface area contributed by atoms with E-state index in [1.165, 1.54) is 44.2 Å². The molecular weight excluding hydrogens is 589 g/mol. The number of halogens is 1. The van der Waals surface area contributed by atoms with E-state index in [0.717, 1.165) is 28.9 Å². The zero-order valence-corrected chi connectivity index (χ0v) is 25.8. The Labute approximate surface area is 268 Å². The maximum absolute atomic E-state index is 13.3. The molecule has 1 heterocycles. The smallest absolute Gasteiger partial charge is 0.242 e. The van der Waals surface area contributed by atoms with Crippen molar-refractivity contribution in [3.05, 3.63) is 101 Å². The second-order valence-electron chi connectivity index (χ2n) is 11.0. The number of amides is 1. The molecule has 0 bridgehead atoms. The highest BCUT2D eigenvalue weighted by atomic mass is 32.1. The van der Waals surface area contributed by atoms with Crippen LogP contribution in [0.2, 0.25) is 0 Å². The van der Waals surface area contributed by atoms with Gasteiger partial charge in [0.25, 0.3) is 0 Å². The lowest BCUT2D eigenvalue weighted by atomic mass is 9.89. The summed E-state index contributed by atoms with van der Waals surface area (Å²) < 4.78 is 13.3. The molecule has 1 aromatic heterocycles. The van der Waals surface area contributed by atoms with Gasteiger partial charge < -0.3 is 21.3 Å². The number of anilines is 4. The third-order valence-electron chi connectivity index (χ3n) is 7.46. The van der Waals surface area contributed by atoms with E-state index in [4.69, 9.17) is 12.2 Å². The third kappa shape index (κ3) is 10.7. The number of nitrogens with one attached hydrogen (secondary N) is 6. The van der Waals surface area contributed by atoms with Gasteiger partial charge in [0.1, 0.15) is 5.82 Å². The maximum atomic E-state index is 13.3. The molecule has 3 aromatic carbocycles. The number of carbonyl (C=O) groups is 1. The minimum atomic E-state index is -0.279. The largest absolute Gasteiger partial charge is 0.357 e. The number of nitrogens with zero attached hydrogens (tertiary/aromatic N) is 3. The monoisotopic (exact) mass is 627 g/mol. The van der Waals surface area contributed by atoms with E-state index in [9.17, 15) is 9.18 Å². The molecule has 1 fully saturated rings. The molecular formula is C33H38FN9OS.